The summed E-state index contributed by atoms with van der Waals surface area (Å²) in [5.74, 6) is -1.14. The third kappa shape index (κ3) is 7.91. The van der Waals surface area contributed by atoms with Crippen molar-refractivity contribution >= 4 is 45.8 Å². The standard InChI is InChI=1S/C32H33ClN4O3/c1-37(2)18-8-17-34-32(40)29(19-22-9-4-3-5-10-22)36-31(39)27-16-15-26(33)21-28(27)35-30(38)25-14-13-23-11-6-7-12-24(23)20-25/h3-7,9-16,20-21,29H,8,17-19H2,1-2H3,(H,34,40)(H,35,38)(H,36,39). The second kappa shape index (κ2) is 13.7. The lowest BCUT2D eigenvalue weighted by atomic mass is 10.0. The number of anilines is 1. The van der Waals surface area contributed by atoms with E-state index in [0.29, 0.717) is 23.6 Å². The maximum atomic E-state index is 13.5. The lowest BCUT2D eigenvalue weighted by Crippen LogP contribution is -2.48. The van der Waals surface area contributed by atoms with Crippen molar-refractivity contribution in [3.05, 3.63) is 113 Å². The zero-order valence-corrected chi connectivity index (χ0v) is 23.4. The van der Waals surface area contributed by atoms with Gasteiger partial charge in [0.25, 0.3) is 11.8 Å². The zero-order chi connectivity index (χ0) is 28.5. The summed E-state index contributed by atoms with van der Waals surface area (Å²) in [4.78, 5) is 41.8. The lowest BCUT2D eigenvalue weighted by molar-refractivity contribution is -0.122. The summed E-state index contributed by atoms with van der Waals surface area (Å²) in [5.41, 5.74) is 1.83. The molecule has 0 saturated heterocycles. The van der Waals surface area contributed by atoms with Crippen molar-refractivity contribution in [3.8, 4) is 0 Å². The molecule has 1 unspecified atom stereocenters. The van der Waals surface area contributed by atoms with Gasteiger partial charge in [0, 0.05) is 23.6 Å². The molecule has 0 fully saturated rings. The Morgan fingerprint density at radius 1 is 0.825 bits per heavy atom. The number of fused-ring (bicyclic) bond motifs is 1. The quantitative estimate of drug-likeness (QED) is 0.223. The van der Waals surface area contributed by atoms with Crippen molar-refractivity contribution in [2.75, 3.05) is 32.5 Å². The second-order valence-corrected chi connectivity index (χ2v) is 10.3. The van der Waals surface area contributed by atoms with Crippen LogP contribution in [-0.4, -0.2) is 55.8 Å². The van der Waals surface area contributed by atoms with E-state index in [0.717, 1.165) is 29.3 Å². The van der Waals surface area contributed by atoms with Gasteiger partial charge in [-0.1, -0.05) is 72.3 Å². The summed E-state index contributed by atoms with van der Waals surface area (Å²) in [6.07, 6.45) is 1.10. The summed E-state index contributed by atoms with van der Waals surface area (Å²) in [7, 11) is 3.95. The van der Waals surface area contributed by atoms with E-state index >= 15 is 0 Å². The van der Waals surface area contributed by atoms with Crippen molar-refractivity contribution < 1.29 is 14.4 Å². The average molecular weight is 557 g/mol. The highest BCUT2D eigenvalue weighted by Gasteiger charge is 2.24. The van der Waals surface area contributed by atoms with Crippen LogP contribution in [0, 0.1) is 0 Å². The molecule has 0 heterocycles. The van der Waals surface area contributed by atoms with Crippen molar-refractivity contribution in [1.29, 1.82) is 0 Å². The van der Waals surface area contributed by atoms with Crippen LogP contribution in [0.2, 0.25) is 5.02 Å². The van der Waals surface area contributed by atoms with E-state index in [9.17, 15) is 14.4 Å². The largest absolute Gasteiger partial charge is 0.354 e. The Balaban J connectivity index is 1.52. The summed E-state index contributed by atoms with van der Waals surface area (Å²) in [6, 6.07) is 26.5. The van der Waals surface area contributed by atoms with Gasteiger partial charge >= 0.3 is 0 Å². The average Bonchev–Trinajstić information content (AvgIpc) is 2.95. The minimum Gasteiger partial charge on any atom is -0.354 e. The molecule has 3 N–H and O–H groups in total. The van der Waals surface area contributed by atoms with E-state index in [1.807, 2.05) is 79.7 Å². The zero-order valence-electron chi connectivity index (χ0n) is 22.6. The van der Waals surface area contributed by atoms with Crippen molar-refractivity contribution in [2.24, 2.45) is 0 Å². The minimum atomic E-state index is -0.811. The summed E-state index contributed by atoms with van der Waals surface area (Å²) in [6.45, 7) is 1.33. The van der Waals surface area contributed by atoms with Crippen molar-refractivity contribution in [1.82, 2.24) is 15.5 Å². The number of nitrogens with one attached hydrogen (secondary N) is 3. The van der Waals surface area contributed by atoms with E-state index in [2.05, 4.69) is 16.0 Å². The highest BCUT2D eigenvalue weighted by Crippen LogP contribution is 2.23. The van der Waals surface area contributed by atoms with Crippen LogP contribution in [0.5, 0.6) is 0 Å². The summed E-state index contributed by atoms with van der Waals surface area (Å²) >= 11 is 6.24. The number of benzene rings is 4. The van der Waals surface area contributed by atoms with Crippen LogP contribution < -0.4 is 16.0 Å². The number of nitrogens with zero attached hydrogens (tertiary/aromatic N) is 1. The Labute approximate surface area is 239 Å². The monoisotopic (exact) mass is 556 g/mol. The molecule has 40 heavy (non-hydrogen) atoms. The molecule has 3 amide bonds. The van der Waals surface area contributed by atoms with E-state index in [1.165, 1.54) is 6.07 Å². The number of rotatable bonds is 11. The molecule has 8 heteroatoms. The molecule has 206 valence electrons. The molecule has 0 aliphatic rings. The van der Waals surface area contributed by atoms with Gasteiger partial charge in [-0.25, -0.2) is 0 Å². The molecule has 7 nitrogen and oxygen atoms in total. The molecule has 0 spiro atoms. The van der Waals surface area contributed by atoms with Crippen LogP contribution in [0.4, 0.5) is 5.69 Å². The molecule has 0 saturated carbocycles. The molecule has 0 aliphatic heterocycles. The first-order valence-electron chi connectivity index (χ1n) is 13.2. The molecule has 4 rings (SSSR count). The lowest BCUT2D eigenvalue weighted by Gasteiger charge is -2.20. The van der Waals surface area contributed by atoms with Crippen molar-refractivity contribution in [2.45, 2.75) is 18.9 Å². The number of hydrogen-bond acceptors (Lipinski definition) is 4. The Morgan fingerprint density at radius 2 is 1.55 bits per heavy atom. The Bertz CT molecular complexity index is 1490. The van der Waals surface area contributed by atoms with Crippen LogP contribution in [0.25, 0.3) is 10.8 Å². The van der Waals surface area contributed by atoms with Gasteiger partial charge in [-0.2, -0.15) is 0 Å². The van der Waals surface area contributed by atoms with E-state index in [1.54, 1.807) is 24.3 Å². The first-order chi connectivity index (χ1) is 19.3. The molecule has 4 aromatic carbocycles. The molecular formula is C32H33ClN4O3. The van der Waals surface area contributed by atoms with Crippen LogP contribution in [0.15, 0.2) is 91.0 Å². The number of carbonyl (C=O) groups excluding carboxylic acids is 3. The fourth-order valence-corrected chi connectivity index (χ4v) is 4.54. The first kappa shape index (κ1) is 28.8. The number of amides is 3. The molecule has 0 radical (unpaired) electrons. The fourth-order valence-electron chi connectivity index (χ4n) is 4.37. The minimum absolute atomic E-state index is 0.206. The van der Waals surface area contributed by atoms with Gasteiger partial charge in [0.1, 0.15) is 6.04 Å². The Morgan fingerprint density at radius 3 is 2.30 bits per heavy atom. The van der Waals surface area contributed by atoms with Crippen LogP contribution in [0.1, 0.15) is 32.7 Å². The molecule has 4 aromatic rings. The van der Waals surface area contributed by atoms with Gasteiger partial charge < -0.3 is 20.9 Å². The molecule has 0 aromatic heterocycles. The van der Waals surface area contributed by atoms with Gasteiger partial charge in [-0.3, -0.25) is 14.4 Å². The predicted octanol–water partition coefficient (Wildman–Crippen LogP) is 5.15. The molecule has 0 aliphatic carbocycles. The Kier molecular flexibility index (Phi) is 9.89. The van der Waals surface area contributed by atoms with E-state index in [4.69, 9.17) is 11.6 Å². The second-order valence-electron chi connectivity index (χ2n) is 9.87. The first-order valence-corrected chi connectivity index (χ1v) is 13.5. The molecule has 0 bridgehead atoms. The van der Waals surface area contributed by atoms with Crippen LogP contribution in [0.3, 0.4) is 0 Å². The SMILES string of the molecule is CN(C)CCCNC(=O)C(Cc1ccccc1)NC(=O)c1ccc(Cl)cc1NC(=O)c1ccc2ccccc2c1. The van der Waals surface area contributed by atoms with E-state index < -0.39 is 11.9 Å². The smallest absolute Gasteiger partial charge is 0.255 e. The Hall–Kier alpha value is -4.20. The highest BCUT2D eigenvalue weighted by molar-refractivity contribution is 6.31. The number of carbonyl (C=O) groups is 3. The van der Waals surface area contributed by atoms with Gasteiger partial charge in [0.05, 0.1) is 11.3 Å². The predicted molar refractivity (Wildman–Crippen MR) is 161 cm³/mol. The maximum absolute atomic E-state index is 13.5. The van der Waals surface area contributed by atoms with Gasteiger partial charge in [0.2, 0.25) is 5.91 Å². The van der Waals surface area contributed by atoms with Crippen molar-refractivity contribution in [3.63, 3.8) is 0 Å². The summed E-state index contributed by atoms with van der Waals surface area (Å²) in [5, 5.41) is 11.0. The fraction of sp³-hybridized carbons (Fsp3) is 0.219. The van der Waals surface area contributed by atoms with Gasteiger partial charge in [-0.05, 0) is 73.7 Å². The third-order valence-corrected chi connectivity index (χ3v) is 6.71. The topological polar surface area (TPSA) is 90.5 Å². The van der Waals surface area contributed by atoms with E-state index in [-0.39, 0.29) is 23.1 Å². The van der Waals surface area contributed by atoms with Gasteiger partial charge in [-0.15, -0.1) is 0 Å². The number of hydrogen-bond donors (Lipinski definition) is 3. The normalized spacial score (nSPS) is 11.7. The number of halogens is 1. The third-order valence-electron chi connectivity index (χ3n) is 6.47. The molecule has 1 atom stereocenters. The maximum Gasteiger partial charge on any atom is 0.255 e. The van der Waals surface area contributed by atoms with Crippen LogP contribution >= 0.6 is 11.6 Å². The highest BCUT2D eigenvalue weighted by atomic mass is 35.5. The van der Waals surface area contributed by atoms with Crippen LogP contribution in [-0.2, 0) is 11.2 Å². The van der Waals surface area contributed by atoms with Gasteiger partial charge in [0.15, 0.2) is 0 Å². The summed E-state index contributed by atoms with van der Waals surface area (Å²) < 4.78 is 0. The molecular weight excluding hydrogens is 524 g/mol.